The van der Waals surface area contributed by atoms with Crippen molar-refractivity contribution < 1.29 is 14.7 Å². The number of hydrogen-bond donors (Lipinski definition) is 2. The monoisotopic (exact) mass is 267 g/mol. The average molecular weight is 267 g/mol. The maximum Gasteiger partial charge on any atom is 0.305 e. The lowest BCUT2D eigenvalue weighted by atomic mass is 10.1. The molecule has 0 fully saturated rings. The highest BCUT2D eigenvalue weighted by Gasteiger charge is 2.14. The van der Waals surface area contributed by atoms with Crippen LogP contribution in [0.4, 0.5) is 0 Å². The Morgan fingerprint density at radius 3 is 2.63 bits per heavy atom. The molecule has 1 amide bonds. The zero-order valence-corrected chi connectivity index (χ0v) is 11.6. The first-order valence-corrected chi connectivity index (χ1v) is 6.44. The van der Waals surface area contributed by atoms with E-state index in [0.29, 0.717) is 19.4 Å². The molecule has 0 aliphatic heterocycles. The summed E-state index contributed by atoms with van der Waals surface area (Å²) in [5, 5.41) is 15.7. The Labute approximate surface area is 112 Å². The Kier molecular flexibility index (Phi) is 5.54. The molecule has 0 aliphatic carbocycles. The number of nitrogens with zero attached hydrogens (tertiary/aromatic N) is 2. The maximum atomic E-state index is 11.7. The van der Waals surface area contributed by atoms with Crippen molar-refractivity contribution in [3.05, 3.63) is 17.5 Å². The van der Waals surface area contributed by atoms with Gasteiger partial charge in [0, 0.05) is 24.7 Å². The third-order valence-electron chi connectivity index (χ3n) is 2.93. The van der Waals surface area contributed by atoms with E-state index in [2.05, 4.69) is 10.4 Å². The Bertz CT molecular complexity index is 454. The quantitative estimate of drug-likeness (QED) is 0.779. The third kappa shape index (κ3) is 5.11. The molecule has 0 bridgehead atoms. The molecular formula is C13H21N3O3. The number of carbonyl (C=O) groups excluding carboxylic acids is 1. The molecule has 0 spiro atoms. The van der Waals surface area contributed by atoms with Crippen molar-refractivity contribution in [2.75, 3.05) is 0 Å². The summed E-state index contributed by atoms with van der Waals surface area (Å²) in [6, 6.07) is 1.66. The maximum absolute atomic E-state index is 11.7. The van der Waals surface area contributed by atoms with Crippen molar-refractivity contribution in [3.63, 3.8) is 0 Å². The number of carboxylic acids is 1. The van der Waals surface area contributed by atoms with Gasteiger partial charge in [0.2, 0.25) is 5.91 Å². The lowest BCUT2D eigenvalue weighted by Crippen LogP contribution is -2.36. The smallest absolute Gasteiger partial charge is 0.305 e. The molecule has 0 aromatic carbocycles. The first kappa shape index (κ1) is 15.2. The van der Waals surface area contributed by atoms with Gasteiger partial charge in [-0.3, -0.25) is 14.3 Å². The van der Waals surface area contributed by atoms with Gasteiger partial charge in [-0.05, 0) is 26.3 Å². The predicted octanol–water partition coefficient (Wildman–Crippen LogP) is 1.26. The number of carbonyl (C=O) groups is 2. The van der Waals surface area contributed by atoms with E-state index in [0.717, 1.165) is 11.4 Å². The summed E-state index contributed by atoms with van der Waals surface area (Å²) in [5.41, 5.74) is 1.94. The van der Waals surface area contributed by atoms with Gasteiger partial charge in [0.15, 0.2) is 0 Å². The van der Waals surface area contributed by atoms with Crippen molar-refractivity contribution in [3.8, 4) is 0 Å². The zero-order valence-electron chi connectivity index (χ0n) is 11.6. The summed E-state index contributed by atoms with van der Waals surface area (Å²) in [7, 11) is 0. The van der Waals surface area contributed by atoms with Crippen molar-refractivity contribution in [1.82, 2.24) is 15.1 Å². The van der Waals surface area contributed by atoms with E-state index in [1.807, 2.05) is 26.8 Å². The fourth-order valence-electron chi connectivity index (χ4n) is 1.92. The van der Waals surface area contributed by atoms with Crippen LogP contribution in [-0.4, -0.2) is 32.8 Å². The lowest BCUT2D eigenvalue weighted by molar-refractivity contribution is -0.137. The Morgan fingerprint density at radius 2 is 2.16 bits per heavy atom. The molecule has 6 heteroatoms. The van der Waals surface area contributed by atoms with Crippen LogP contribution < -0.4 is 5.32 Å². The van der Waals surface area contributed by atoms with E-state index in [1.165, 1.54) is 0 Å². The van der Waals surface area contributed by atoms with Gasteiger partial charge in [0.1, 0.15) is 0 Å². The van der Waals surface area contributed by atoms with Gasteiger partial charge in [-0.15, -0.1) is 0 Å². The summed E-state index contributed by atoms with van der Waals surface area (Å²) in [6.45, 7) is 6.21. The SMILES string of the molecule is CCC(CC(=O)O)NC(=O)CCn1nc(C)cc1C. The average Bonchev–Trinajstić information content (AvgIpc) is 2.63. The van der Waals surface area contributed by atoms with E-state index < -0.39 is 5.97 Å². The lowest BCUT2D eigenvalue weighted by Gasteiger charge is -2.14. The van der Waals surface area contributed by atoms with Crippen molar-refractivity contribution in [2.24, 2.45) is 0 Å². The molecule has 106 valence electrons. The molecule has 6 nitrogen and oxygen atoms in total. The molecule has 2 N–H and O–H groups in total. The highest BCUT2D eigenvalue weighted by molar-refractivity contribution is 5.77. The first-order chi connectivity index (χ1) is 8.92. The summed E-state index contributed by atoms with van der Waals surface area (Å²) in [6.07, 6.45) is 0.873. The van der Waals surface area contributed by atoms with E-state index in [-0.39, 0.29) is 18.4 Å². The molecule has 0 aliphatic rings. The number of amides is 1. The van der Waals surface area contributed by atoms with Crippen LogP contribution in [0.5, 0.6) is 0 Å². The second-order valence-electron chi connectivity index (χ2n) is 4.67. The van der Waals surface area contributed by atoms with Crippen LogP contribution in [0.15, 0.2) is 6.07 Å². The standard InChI is InChI=1S/C13H21N3O3/c1-4-11(8-13(18)19)14-12(17)5-6-16-10(3)7-9(2)15-16/h7,11H,4-6,8H2,1-3H3,(H,14,17)(H,18,19). The van der Waals surface area contributed by atoms with E-state index in [1.54, 1.807) is 4.68 Å². The molecule has 19 heavy (non-hydrogen) atoms. The number of rotatable bonds is 7. The van der Waals surface area contributed by atoms with Gasteiger partial charge >= 0.3 is 5.97 Å². The van der Waals surface area contributed by atoms with Crippen molar-refractivity contribution in [1.29, 1.82) is 0 Å². The van der Waals surface area contributed by atoms with Gasteiger partial charge in [-0.25, -0.2) is 0 Å². The molecule has 1 unspecified atom stereocenters. The normalized spacial score (nSPS) is 12.2. The number of aliphatic carboxylic acids is 1. The summed E-state index contributed by atoms with van der Waals surface area (Å²) in [5.74, 6) is -1.04. The Hall–Kier alpha value is -1.85. The Balaban J connectivity index is 2.42. The van der Waals surface area contributed by atoms with Crippen LogP contribution in [0.1, 0.15) is 37.6 Å². The van der Waals surface area contributed by atoms with Gasteiger partial charge in [0.05, 0.1) is 12.1 Å². The molecule has 1 atom stereocenters. The summed E-state index contributed by atoms with van der Waals surface area (Å²) in [4.78, 5) is 22.4. The molecule has 0 saturated carbocycles. The Morgan fingerprint density at radius 1 is 1.47 bits per heavy atom. The highest BCUT2D eigenvalue weighted by Crippen LogP contribution is 2.03. The minimum absolute atomic E-state index is 0.0395. The van der Waals surface area contributed by atoms with Gasteiger partial charge < -0.3 is 10.4 Å². The van der Waals surface area contributed by atoms with Crippen LogP contribution in [0.3, 0.4) is 0 Å². The van der Waals surface area contributed by atoms with E-state index in [9.17, 15) is 9.59 Å². The fourth-order valence-corrected chi connectivity index (χ4v) is 1.92. The molecular weight excluding hydrogens is 246 g/mol. The van der Waals surface area contributed by atoms with Crippen LogP contribution in [-0.2, 0) is 16.1 Å². The minimum atomic E-state index is -0.898. The minimum Gasteiger partial charge on any atom is -0.481 e. The van der Waals surface area contributed by atoms with Crippen molar-refractivity contribution in [2.45, 2.75) is 52.6 Å². The number of nitrogens with one attached hydrogen (secondary N) is 1. The van der Waals surface area contributed by atoms with Gasteiger partial charge in [0.25, 0.3) is 0 Å². The molecule has 1 rings (SSSR count). The largest absolute Gasteiger partial charge is 0.481 e. The molecule has 1 heterocycles. The van der Waals surface area contributed by atoms with E-state index >= 15 is 0 Å². The van der Waals surface area contributed by atoms with Gasteiger partial charge in [-0.1, -0.05) is 6.92 Å². The first-order valence-electron chi connectivity index (χ1n) is 6.44. The second kappa shape index (κ2) is 6.92. The predicted molar refractivity (Wildman–Crippen MR) is 70.8 cm³/mol. The zero-order chi connectivity index (χ0) is 14.4. The second-order valence-corrected chi connectivity index (χ2v) is 4.67. The third-order valence-corrected chi connectivity index (χ3v) is 2.93. The van der Waals surface area contributed by atoms with E-state index in [4.69, 9.17) is 5.11 Å². The number of carboxylic acid groups (broad SMARTS) is 1. The topological polar surface area (TPSA) is 84.2 Å². The van der Waals surface area contributed by atoms with Crippen LogP contribution >= 0.6 is 0 Å². The molecule has 1 aromatic heterocycles. The molecule has 1 aromatic rings. The summed E-state index contributed by atoms with van der Waals surface area (Å²) < 4.78 is 1.78. The number of aryl methyl sites for hydroxylation is 3. The fraction of sp³-hybridized carbons (Fsp3) is 0.615. The van der Waals surface area contributed by atoms with Crippen LogP contribution in [0.25, 0.3) is 0 Å². The van der Waals surface area contributed by atoms with Crippen LogP contribution in [0.2, 0.25) is 0 Å². The summed E-state index contributed by atoms with van der Waals surface area (Å²) >= 11 is 0. The van der Waals surface area contributed by atoms with Gasteiger partial charge in [-0.2, -0.15) is 5.10 Å². The molecule has 0 radical (unpaired) electrons. The highest BCUT2D eigenvalue weighted by atomic mass is 16.4. The van der Waals surface area contributed by atoms with Crippen molar-refractivity contribution >= 4 is 11.9 Å². The molecule has 0 saturated heterocycles. The van der Waals surface area contributed by atoms with Crippen LogP contribution in [0, 0.1) is 13.8 Å². The number of aromatic nitrogens is 2. The number of hydrogen-bond acceptors (Lipinski definition) is 3.